The minimum Gasteiger partial charge on any atom is -0.310 e. The van der Waals surface area contributed by atoms with Gasteiger partial charge in [0.2, 0.25) is 0 Å². The van der Waals surface area contributed by atoms with Crippen molar-refractivity contribution < 1.29 is 0 Å². The maximum absolute atomic E-state index is 4.60. The van der Waals surface area contributed by atoms with Crippen molar-refractivity contribution in [3.63, 3.8) is 0 Å². The lowest BCUT2D eigenvalue weighted by Crippen LogP contribution is -2.26. The highest BCUT2D eigenvalue weighted by Gasteiger charge is 2.23. The molecule has 0 saturated heterocycles. The van der Waals surface area contributed by atoms with Crippen LogP contribution in [-0.4, -0.2) is 32.3 Å². The maximum atomic E-state index is 4.60. The van der Waals surface area contributed by atoms with Crippen LogP contribution in [0, 0.1) is 0 Å². The summed E-state index contributed by atoms with van der Waals surface area (Å²) in [6.07, 6.45) is 11.9. The Kier molecular flexibility index (Phi) is 4.60. The summed E-state index contributed by atoms with van der Waals surface area (Å²) in [5.41, 5.74) is 3.46. The van der Waals surface area contributed by atoms with E-state index in [1.807, 2.05) is 48.0 Å². The summed E-state index contributed by atoms with van der Waals surface area (Å²) in [5.74, 6) is 0. The van der Waals surface area contributed by atoms with Crippen molar-refractivity contribution in [2.45, 2.75) is 37.1 Å². The molecule has 4 nitrogen and oxygen atoms in total. The number of thioether (sulfide) groups is 1. The molecule has 21 heavy (non-hydrogen) atoms. The fourth-order valence-electron chi connectivity index (χ4n) is 3.01. The number of rotatable bonds is 5. The summed E-state index contributed by atoms with van der Waals surface area (Å²) in [6, 6.07) is 4.68. The average molecular weight is 302 g/mol. The highest BCUT2D eigenvalue weighted by molar-refractivity contribution is 7.99. The first-order chi connectivity index (χ1) is 10.3. The molecule has 1 aliphatic rings. The lowest BCUT2D eigenvalue weighted by atomic mass is 10.1. The molecule has 112 valence electrons. The SMILES string of the molecule is CSC1CCC(NCc2cn(C)nc2-c2ccncc2)C1. The topological polar surface area (TPSA) is 42.7 Å². The summed E-state index contributed by atoms with van der Waals surface area (Å²) < 4.78 is 1.89. The van der Waals surface area contributed by atoms with Crippen LogP contribution >= 0.6 is 11.8 Å². The molecule has 1 N–H and O–H groups in total. The van der Waals surface area contributed by atoms with Gasteiger partial charge in [-0.3, -0.25) is 9.67 Å². The van der Waals surface area contributed by atoms with Crippen molar-refractivity contribution in [1.82, 2.24) is 20.1 Å². The molecule has 0 bridgehead atoms. The fraction of sp³-hybridized carbons (Fsp3) is 0.500. The molecule has 1 fully saturated rings. The Morgan fingerprint density at radius 2 is 2.14 bits per heavy atom. The third kappa shape index (κ3) is 3.47. The van der Waals surface area contributed by atoms with Crippen molar-refractivity contribution in [2.24, 2.45) is 7.05 Å². The third-order valence-corrected chi connectivity index (χ3v) is 5.25. The standard InChI is InChI=1S/C16H22N4S/c1-20-11-13(10-18-14-3-4-15(9-14)21-2)16(19-20)12-5-7-17-8-6-12/h5-8,11,14-15,18H,3-4,9-10H2,1-2H3. The molecule has 3 rings (SSSR count). The molecular weight excluding hydrogens is 280 g/mol. The Morgan fingerprint density at radius 3 is 2.86 bits per heavy atom. The van der Waals surface area contributed by atoms with Gasteiger partial charge in [-0.05, 0) is 37.7 Å². The van der Waals surface area contributed by atoms with Gasteiger partial charge in [0.15, 0.2) is 0 Å². The van der Waals surface area contributed by atoms with E-state index in [0.717, 1.165) is 23.1 Å². The minimum absolute atomic E-state index is 0.646. The summed E-state index contributed by atoms with van der Waals surface area (Å²) in [7, 11) is 1.98. The first-order valence-corrected chi connectivity index (χ1v) is 8.74. The van der Waals surface area contributed by atoms with E-state index in [1.165, 1.54) is 24.8 Å². The van der Waals surface area contributed by atoms with Crippen molar-refractivity contribution in [3.8, 4) is 11.3 Å². The number of nitrogens with one attached hydrogen (secondary N) is 1. The summed E-state index contributed by atoms with van der Waals surface area (Å²) in [6.45, 7) is 0.886. The summed E-state index contributed by atoms with van der Waals surface area (Å²) in [4.78, 5) is 4.08. The minimum atomic E-state index is 0.646. The molecule has 0 spiro atoms. The highest BCUT2D eigenvalue weighted by atomic mass is 32.2. The molecule has 5 heteroatoms. The second-order valence-electron chi connectivity index (χ2n) is 5.66. The van der Waals surface area contributed by atoms with Crippen LogP contribution in [0.3, 0.4) is 0 Å². The predicted molar refractivity (Wildman–Crippen MR) is 88.2 cm³/mol. The predicted octanol–water partition coefficient (Wildman–Crippen LogP) is 2.86. The van der Waals surface area contributed by atoms with Gasteiger partial charge in [-0.15, -0.1) is 0 Å². The molecule has 0 radical (unpaired) electrons. The monoisotopic (exact) mass is 302 g/mol. The average Bonchev–Trinajstić information content (AvgIpc) is 3.12. The van der Waals surface area contributed by atoms with Gasteiger partial charge in [-0.2, -0.15) is 16.9 Å². The van der Waals surface area contributed by atoms with Crippen LogP contribution in [0.15, 0.2) is 30.7 Å². The van der Waals surface area contributed by atoms with Crippen LogP contribution in [0.4, 0.5) is 0 Å². The first kappa shape index (κ1) is 14.6. The molecule has 2 unspecified atom stereocenters. The molecule has 2 aromatic heterocycles. The first-order valence-electron chi connectivity index (χ1n) is 7.45. The van der Waals surface area contributed by atoms with Gasteiger partial charge in [-0.1, -0.05) is 0 Å². The van der Waals surface area contributed by atoms with E-state index in [-0.39, 0.29) is 0 Å². The van der Waals surface area contributed by atoms with Crippen LogP contribution < -0.4 is 5.32 Å². The molecule has 1 aliphatic carbocycles. The van der Waals surface area contributed by atoms with E-state index in [9.17, 15) is 0 Å². The molecule has 2 atom stereocenters. The van der Waals surface area contributed by atoms with Crippen LogP contribution in [0.25, 0.3) is 11.3 Å². The van der Waals surface area contributed by atoms with Gasteiger partial charge in [0.1, 0.15) is 0 Å². The van der Waals surface area contributed by atoms with Gasteiger partial charge in [0.25, 0.3) is 0 Å². The van der Waals surface area contributed by atoms with E-state index in [2.05, 4.69) is 27.9 Å². The number of aromatic nitrogens is 3. The second kappa shape index (κ2) is 6.62. The van der Waals surface area contributed by atoms with Gasteiger partial charge >= 0.3 is 0 Å². The van der Waals surface area contributed by atoms with Crippen molar-refractivity contribution >= 4 is 11.8 Å². The second-order valence-corrected chi connectivity index (χ2v) is 6.80. The lowest BCUT2D eigenvalue weighted by Gasteiger charge is -2.12. The molecule has 1 saturated carbocycles. The van der Waals surface area contributed by atoms with E-state index >= 15 is 0 Å². The summed E-state index contributed by atoms with van der Waals surface area (Å²) in [5, 5.41) is 9.14. The van der Waals surface area contributed by atoms with Gasteiger partial charge in [0, 0.05) is 54.6 Å². The molecule has 2 aromatic rings. The van der Waals surface area contributed by atoms with Crippen molar-refractivity contribution in [1.29, 1.82) is 0 Å². The van der Waals surface area contributed by atoms with Gasteiger partial charge < -0.3 is 5.32 Å². The number of hydrogen-bond donors (Lipinski definition) is 1. The van der Waals surface area contributed by atoms with Crippen molar-refractivity contribution in [3.05, 3.63) is 36.3 Å². The van der Waals surface area contributed by atoms with Crippen LogP contribution in [-0.2, 0) is 13.6 Å². The number of aryl methyl sites for hydroxylation is 1. The van der Waals surface area contributed by atoms with E-state index in [4.69, 9.17) is 0 Å². The Hall–Kier alpha value is -1.33. The van der Waals surface area contributed by atoms with Crippen molar-refractivity contribution in [2.75, 3.05) is 6.26 Å². The van der Waals surface area contributed by atoms with Crippen LogP contribution in [0.1, 0.15) is 24.8 Å². The van der Waals surface area contributed by atoms with Crippen LogP contribution in [0.5, 0.6) is 0 Å². The summed E-state index contributed by atoms with van der Waals surface area (Å²) >= 11 is 2.00. The van der Waals surface area contributed by atoms with E-state index < -0.39 is 0 Å². The zero-order valence-electron chi connectivity index (χ0n) is 12.6. The number of pyridine rings is 1. The Labute approximate surface area is 130 Å². The van der Waals surface area contributed by atoms with Gasteiger partial charge in [-0.25, -0.2) is 0 Å². The van der Waals surface area contributed by atoms with E-state index in [1.54, 1.807) is 0 Å². The number of hydrogen-bond acceptors (Lipinski definition) is 4. The highest BCUT2D eigenvalue weighted by Crippen LogP contribution is 2.29. The normalized spacial score (nSPS) is 21.8. The fourth-order valence-corrected chi connectivity index (χ4v) is 3.81. The molecule has 0 aromatic carbocycles. The molecule has 2 heterocycles. The Balaban J connectivity index is 1.69. The Morgan fingerprint density at radius 1 is 1.33 bits per heavy atom. The zero-order valence-corrected chi connectivity index (χ0v) is 13.4. The lowest BCUT2D eigenvalue weighted by molar-refractivity contribution is 0.525. The van der Waals surface area contributed by atoms with Crippen LogP contribution in [0.2, 0.25) is 0 Å². The quantitative estimate of drug-likeness (QED) is 0.922. The van der Waals surface area contributed by atoms with E-state index in [0.29, 0.717) is 6.04 Å². The van der Waals surface area contributed by atoms with Gasteiger partial charge in [0.05, 0.1) is 5.69 Å². The maximum Gasteiger partial charge on any atom is 0.0969 e. The molecule has 0 aliphatic heterocycles. The zero-order chi connectivity index (χ0) is 14.7. The smallest absolute Gasteiger partial charge is 0.0969 e. The molecular formula is C16H22N4S. The number of nitrogens with zero attached hydrogens (tertiary/aromatic N) is 3. The third-order valence-electron chi connectivity index (χ3n) is 4.16. The molecule has 0 amide bonds. The Bertz CT molecular complexity index is 581. The largest absolute Gasteiger partial charge is 0.310 e.